The van der Waals surface area contributed by atoms with Gasteiger partial charge in [0.2, 0.25) is 5.91 Å². The number of unbranched alkanes of at least 4 members (excludes halogenated alkanes) is 2. The summed E-state index contributed by atoms with van der Waals surface area (Å²) >= 11 is 0. The predicted molar refractivity (Wildman–Crippen MR) is 58.2 cm³/mol. The van der Waals surface area contributed by atoms with Gasteiger partial charge in [-0.25, -0.2) is 0 Å². The van der Waals surface area contributed by atoms with E-state index in [1.807, 2.05) is 6.07 Å². The average Bonchev–Trinajstić information content (AvgIpc) is 2.21. The maximum atomic E-state index is 11.2. The first-order valence-corrected chi connectivity index (χ1v) is 5.33. The number of carbonyl (C=O) groups is 1. The van der Waals surface area contributed by atoms with E-state index < -0.39 is 0 Å². The molecule has 0 radical (unpaired) electrons. The van der Waals surface area contributed by atoms with E-state index in [-0.39, 0.29) is 5.91 Å². The zero-order chi connectivity index (χ0) is 11.5. The van der Waals surface area contributed by atoms with E-state index >= 15 is 0 Å². The summed E-state index contributed by atoms with van der Waals surface area (Å²) in [5.74, 6) is 0.0528. The molecule has 0 N–H and O–H groups in total. The summed E-state index contributed by atoms with van der Waals surface area (Å²) in [6, 6.07) is 2.05. The molecular weight excluding hydrogens is 192 g/mol. The lowest BCUT2D eigenvalue weighted by Crippen LogP contribution is -2.30. The van der Waals surface area contributed by atoms with Crippen molar-refractivity contribution in [1.29, 1.82) is 5.26 Å². The number of nitriles is 1. The minimum absolute atomic E-state index is 0.0528. The molecule has 0 bridgehead atoms. The highest BCUT2D eigenvalue weighted by atomic mass is 16.5. The van der Waals surface area contributed by atoms with Crippen molar-refractivity contribution in [2.24, 2.45) is 0 Å². The molecule has 0 spiro atoms. The molecule has 4 nitrogen and oxygen atoms in total. The van der Waals surface area contributed by atoms with Crippen LogP contribution >= 0.6 is 0 Å². The third-order valence-electron chi connectivity index (χ3n) is 2.22. The predicted octanol–water partition coefficient (Wildman–Crippen LogP) is 1.57. The molecule has 0 aromatic heterocycles. The minimum atomic E-state index is 0.0528. The van der Waals surface area contributed by atoms with Gasteiger partial charge < -0.3 is 9.64 Å². The van der Waals surface area contributed by atoms with Crippen molar-refractivity contribution in [2.75, 3.05) is 26.8 Å². The van der Waals surface area contributed by atoms with Gasteiger partial charge in [0.1, 0.15) is 0 Å². The topological polar surface area (TPSA) is 53.3 Å². The van der Waals surface area contributed by atoms with Gasteiger partial charge in [-0.2, -0.15) is 5.26 Å². The van der Waals surface area contributed by atoms with Gasteiger partial charge in [-0.15, -0.1) is 0 Å². The van der Waals surface area contributed by atoms with Crippen molar-refractivity contribution in [3.05, 3.63) is 0 Å². The second-order valence-corrected chi connectivity index (χ2v) is 3.47. The Kier molecular flexibility index (Phi) is 8.79. The molecule has 0 aliphatic rings. The monoisotopic (exact) mass is 212 g/mol. The van der Waals surface area contributed by atoms with Crippen LogP contribution < -0.4 is 0 Å². The van der Waals surface area contributed by atoms with Crippen molar-refractivity contribution in [3.63, 3.8) is 0 Å². The normalized spacial score (nSPS) is 9.67. The molecule has 0 aromatic carbocycles. The molecule has 0 aliphatic carbocycles. The number of amides is 1. The van der Waals surface area contributed by atoms with Crippen LogP contribution in [0.25, 0.3) is 0 Å². The maximum Gasteiger partial charge on any atom is 0.219 e. The first-order valence-electron chi connectivity index (χ1n) is 5.33. The molecule has 0 fully saturated rings. The van der Waals surface area contributed by atoms with Crippen molar-refractivity contribution in [2.45, 2.75) is 32.6 Å². The van der Waals surface area contributed by atoms with E-state index in [0.717, 1.165) is 32.4 Å². The SMILES string of the molecule is COCCCCCN(CCC#N)C(C)=O. The van der Waals surface area contributed by atoms with E-state index in [1.165, 1.54) is 0 Å². The summed E-state index contributed by atoms with van der Waals surface area (Å²) in [7, 11) is 1.69. The number of carbonyl (C=O) groups excluding carboxylic acids is 1. The Labute approximate surface area is 91.8 Å². The Morgan fingerprint density at radius 1 is 1.33 bits per heavy atom. The number of methoxy groups -OCH3 is 1. The molecule has 86 valence electrons. The smallest absolute Gasteiger partial charge is 0.219 e. The Hall–Kier alpha value is -1.08. The summed E-state index contributed by atoms with van der Waals surface area (Å²) in [5, 5.41) is 8.43. The molecule has 0 atom stereocenters. The lowest BCUT2D eigenvalue weighted by Gasteiger charge is -2.19. The van der Waals surface area contributed by atoms with Crippen LogP contribution in [-0.4, -0.2) is 37.6 Å². The van der Waals surface area contributed by atoms with Gasteiger partial charge in [0, 0.05) is 33.7 Å². The Bertz CT molecular complexity index is 211. The van der Waals surface area contributed by atoms with Crippen molar-refractivity contribution >= 4 is 5.91 Å². The molecule has 0 heterocycles. The maximum absolute atomic E-state index is 11.2. The van der Waals surface area contributed by atoms with Gasteiger partial charge in [0.05, 0.1) is 12.5 Å². The summed E-state index contributed by atoms with van der Waals surface area (Å²) in [6.07, 6.45) is 3.48. The summed E-state index contributed by atoms with van der Waals surface area (Å²) in [4.78, 5) is 12.9. The Morgan fingerprint density at radius 3 is 2.60 bits per heavy atom. The molecule has 4 heteroatoms. The molecule has 0 rings (SSSR count). The number of nitrogens with zero attached hydrogens (tertiary/aromatic N) is 2. The van der Waals surface area contributed by atoms with Crippen LogP contribution in [0, 0.1) is 11.3 Å². The highest BCUT2D eigenvalue weighted by Gasteiger charge is 2.06. The van der Waals surface area contributed by atoms with Crippen LogP contribution in [0.1, 0.15) is 32.6 Å². The van der Waals surface area contributed by atoms with Gasteiger partial charge in [-0.05, 0) is 19.3 Å². The van der Waals surface area contributed by atoms with Crippen LogP contribution in [0.5, 0.6) is 0 Å². The molecule has 15 heavy (non-hydrogen) atoms. The molecular formula is C11H20N2O2. The van der Waals surface area contributed by atoms with Crippen molar-refractivity contribution in [1.82, 2.24) is 4.90 Å². The van der Waals surface area contributed by atoms with Crippen LogP contribution in [0.15, 0.2) is 0 Å². The van der Waals surface area contributed by atoms with E-state index in [9.17, 15) is 4.79 Å². The number of ether oxygens (including phenoxy) is 1. The summed E-state index contributed by atoms with van der Waals surface area (Å²) in [5.41, 5.74) is 0. The molecule has 0 aromatic rings. The highest BCUT2D eigenvalue weighted by molar-refractivity contribution is 5.73. The quantitative estimate of drug-likeness (QED) is 0.574. The van der Waals surface area contributed by atoms with E-state index in [1.54, 1.807) is 18.9 Å². The van der Waals surface area contributed by atoms with Gasteiger partial charge in [-0.1, -0.05) is 0 Å². The third kappa shape index (κ3) is 7.95. The first-order chi connectivity index (χ1) is 7.22. The van der Waals surface area contributed by atoms with Crippen molar-refractivity contribution in [3.8, 4) is 6.07 Å². The average molecular weight is 212 g/mol. The van der Waals surface area contributed by atoms with Crippen LogP contribution in [0.4, 0.5) is 0 Å². The lowest BCUT2D eigenvalue weighted by atomic mass is 10.2. The Balaban J connectivity index is 3.58. The molecule has 1 amide bonds. The van der Waals surface area contributed by atoms with Crippen molar-refractivity contribution < 1.29 is 9.53 Å². The van der Waals surface area contributed by atoms with E-state index in [4.69, 9.17) is 10.00 Å². The first kappa shape index (κ1) is 13.9. The van der Waals surface area contributed by atoms with Gasteiger partial charge in [0.25, 0.3) is 0 Å². The van der Waals surface area contributed by atoms with Gasteiger partial charge in [0.15, 0.2) is 0 Å². The molecule has 0 unspecified atom stereocenters. The number of hydrogen-bond acceptors (Lipinski definition) is 3. The molecule has 0 aliphatic heterocycles. The molecule has 0 saturated heterocycles. The second kappa shape index (κ2) is 9.47. The largest absolute Gasteiger partial charge is 0.385 e. The zero-order valence-electron chi connectivity index (χ0n) is 9.66. The fourth-order valence-electron chi connectivity index (χ4n) is 1.34. The standard InChI is InChI=1S/C11H20N2O2/c1-11(14)13(9-6-7-12)8-4-3-5-10-15-2/h3-6,8-10H2,1-2H3. The van der Waals surface area contributed by atoms with Gasteiger partial charge in [-0.3, -0.25) is 4.79 Å². The number of rotatable bonds is 8. The third-order valence-corrected chi connectivity index (χ3v) is 2.22. The van der Waals surface area contributed by atoms with Crippen LogP contribution in [-0.2, 0) is 9.53 Å². The minimum Gasteiger partial charge on any atom is -0.385 e. The summed E-state index contributed by atoms with van der Waals surface area (Å²) in [6.45, 7) is 3.63. The summed E-state index contributed by atoms with van der Waals surface area (Å²) < 4.78 is 4.94. The zero-order valence-corrected chi connectivity index (χ0v) is 9.66. The second-order valence-electron chi connectivity index (χ2n) is 3.47. The Morgan fingerprint density at radius 2 is 2.07 bits per heavy atom. The van der Waals surface area contributed by atoms with Crippen LogP contribution in [0.3, 0.4) is 0 Å². The van der Waals surface area contributed by atoms with E-state index in [2.05, 4.69) is 0 Å². The fourth-order valence-corrected chi connectivity index (χ4v) is 1.34. The van der Waals surface area contributed by atoms with Crippen LogP contribution in [0.2, 0.25) is 0 Å². The molecule has 0 saturated carbocycles. The highest BCUT2D eigenvalue weighted by Crippen LogP contribution is 2.00. The number of hydrogen-bond donors (Lipinski definition) is 0. The lowest BCUT2D eigenvalue weighted by molar-refractivity contribution is -0.128. The van der Waals surface area contributed by atoms with E-state index in [0.29, 0.717) is 13.0 Å². The van der Waals surface area contributed by atoms with Gasteiger partial charge >= 0.3 is 0 Å². The fraction of sp³-hybridized carbons (Fsp3) is 0.818.